The zero-order valence-corrected chi connectivity index (χ0v) is 9.24. The maximum atomic E-state index is 11.5. The second kappa shape index (κ2) is 4.10. The number of nitrogens with zero attached hydrogens (tertiary/aromatic N) is 1. The fraction of sp³-hybridized carbons (Fsp3) is 0.909. The van der Waals surface area contributed by atoms with Gasteiger partial charge in [0.25, 0.3) is 0 Å². The Bertz CT molecular complexity index is 250. The third-order valence-corrected chi connectivity index (χ3v) is 3.75. The van der Waals surface area contributed by atoms with Gasteiger partial charge in [0.2, 0.25) is 0 Å². The zero-order valence-electron chi connectivity index (χ0n) is 9.24. The lowest BCUT2D eigenvalue weighted by Crippen LogP contribution is -2.56. The summed E-state index contributed by atoms with van der Waals surface area (Å²) in [7, 11) is 0. The third kappa shape index (κ3) is 1.88. The summed E-state index contributed by atoms with van der Waals surface area (Å²) in [5.41, 5.74) is -0.594. The summed E-state index contributed by atoms with van der Waals surface area (Å²) in [6, 6.07) is 0. The van der Waals surface area contributed by atoms with Crippen molar-refractivity contribution in [1.82, 2.24) is 4.90 Å². The summed E-state index contributed by atoms with van der Waals surface area (Å²) in [6.45, 7) is 5.01. The predicted molar refractivity (Wildman–Crippen MR) is 55.8 cm³/mol. The molecule has 15 heavy (non-hydrogen) atoms. The smallest absolute Gasteiger partial charge is 0.324 e. The highest BCUT2D eigenvalue weighted by Gasteiger charge is 2.48. The normalized spacial score (nSPS) is 38.1. The van der Waals surface area contributed by atoms with Gasteiger partial charge in [-0.25, -0.2) is 0 Å². The lowest BCUT2D eigenvalue weighted by atomic mass is 9.93. The van der Waals surface area contributed by atoms with Crippen molar-refractivity contribution in [2.24, 2.45) is 5.92 Å². The van der Waals surface area contributed by atoms with E-state index in [4.69, 9.17) is 4.74 Å². The van der Waals surface area contributed by atoms with Gasteiger partial charge < -0.3 is 9.84 Å². The number of hydrogen-bond acceptors (Lipinski definition) is 3. The SMILES string of the molecule is CC1CCC(C(=O)O)(N2CCOCC2)C1. The molecule has 4 heteroatoms. The van der Waals surface area contributed by atoms with Crippen LogP contribution in [0.4, 0.5) is 0 Å². The molecule has 1 aliphatic heterocycles. The Hall–Kier alpha value is -0.610. The van der Waals surface area contributed by atoms with Crippen molar-refractivity contribution >= 4 is 5.97 Å². The largest absolute Gasteiger partial charge is 0.480 e. The van der Waals surface area contributed by atoms with Gasteiger partial charge in [-0.1, -0.05) is 6.92 Å². The molecular weight excluding hydrogens is 194 g/mol. The van der Waals surface area contributed by atoms with Gasteiger partial charge >= 0.3 is 5.97 Å². The second-order valence-electron chi connectivity index (χ2n) is 4.78. The minimum absolute atomic E-state index is 0.531. The van der Waals surface area contributed by atoms with E-state index in [9.17, 15) is 9.90 Å². The van der Waals surface area contributed by atoms with Crippen molar-refractivity contribution in [2.75, 3.05) is 26.3 Å². The van der Waals surface area contributed by atoms with Gasteiger partial charge in [0.05, 0.1) is 13.2 Å². The number of carbonyl (C=O) groups is 1. The minimum atomic E-state index is -0.645. The standard InChI is InChI=1S/C11H19NO3/c1-9-2-3-11(8-9,10(13)14)12-4-6-15-7-5-12/h9H,2-8H2,1H3,(H,13,14). The molecule has 0 aromatic carbocycles. The Balaban J connectivity index is 2.14. The lowest BCUT2D eigenvalue weighted by Gasteiger charge is -2.40. The molecule has 0 radical (unpaired) electrons. The first-order chi connectivity index (χ1) is 7.15. The average molecular weight is 213 g/mol. The molecule has 0 amide bonds. The van der Waals surface area contributed by atoms with E-state index in [-0.39, 0.29) is 0 Å². The molecule has 0 spiro atoms. The number of hydrogen-bond donors (Lipinski definition) is 1. The van der Waals surface area contributed by atoms with Gasteiger partial charge in [-0.15, -0.1) is 0 Å². The molecule has 4 nitrogen and oxygen atoms in total. The van der Waals surface area contributed by atoms with E-state index >= 15 is 0 Å². The molecular formula is C11H19NO3. The number of carboxylic acids is 1. The molecule has 0 aromatic rings. The van der Waals surface area contributed by atoms with Crippen LogP contribution in [-0.2, 0) is 9.53 Å². The van der Waals surface area contributed by atoms with Crippen LogP contribution in [0.25, 0.3) is 0 Å². The molecule has 0 aromatic heterocycles. The van der Waals surface area contributed by atoms with Crippen LogP contribution in [0.3, 0.4) is 0 Å². The van der Waals surface area contributed by atoms with Crippen LogP contribution in [0, 0.1) is 5.92 Å². The van der Waals surface area contributed by atoms with Gasteiger partial charge in [-0.05, 0) is 25.2 Å². The molecule has 0 bridgehead atoms. The average Bonchev–Trinajstić information content (AvgIpc) is 2.63. The van der Waals surface area contributed by atoms with Crippen LogP contribution in [0.15, 0.2) is 0 Å². The Labute approximate surface area is 90.2 Å². The molecule has 2 unspecified atom stereocenters. The lowest BCUT2D eigenvalue weighted by molar-refractivity contribution is -0.154. The van der Waals surface area contributed by atoms with Gasteiger partial charge in [0.1, 0.15) is 5.54 Å². The summed E-state index contributed by atoms with van der Waals surface area (Å²) in [6.07, 6.45) is 2.62. The van der Waals surface area contributed by atoms with Crippen molar-refractivity contribution < 1.29 is 14.6 Å². The summed E-state index contributed by atoms with van der Waals surface area (Å²) in [5.74, 6) is -0.113. The summed E-state index contributed by atoms with van der Waals surface area (Å²) < 4.78 is 5.28. The van der Waals surface area contributed by atoms with E-state index in [1.165, 1.54) is 0 Å². The van der Waals surface area contributed by atoms with Crippen molar-refractivity contribution in [1.29, 1.82) is 0 Å². The van der Waals surface area contributed by atoms with Crippen molar-refractivity contribution in [3.63, 3.8) is 0 Å². The summed E-state index contributed by atoms with van der Waals surface area (Å²) in [4.78, 5) is 13.6. The maximum absolute atomic E-state index is 11.5. The van der Waals surface area contributed by atoms with Crippen molar-refractivity contribution in [3.8, 4) is 0 Å². The number of rotatable bonds is 2. The molecule has 1 saturated carbocycles. The molecule has 2 rings (SSSR count). The fourth-order valence-corrected chi connectivity index (χ4v) is 2.87. The number of carboxylic acid groups (broad SMARTS) is 1. The number of ether oxygens (including phenoxy) is 1. The van der Waals surface area contributed by atoms with Gasteiger partial charge in [-0.2, -0.15) is 0 Å². The molecule has 1 saturated heterocycles. The first-order valence-corrected chi connectivity index (χ1v) is 5.71. The first-order valence-electron chi connectivity index (χ1n) is 5.71. The third-order valence-electron chi connectivity index (χ3n) is 3.75. The fourth-order valence-electron chi connectivity index (χ4n) is 2.87. The Kier molecular flexibility index (Phi) is 2.98. The second-order valence-corrected chi connectivity index (χ2v) is 4.78. The van der Waals surface area contributed by atoms with E-state index in [0.717, 1.165) is 32.4 Å². The Morgan fingerprint density at radius 1 is 1.47 bits per heavy atom. The van der Waals surface area contributed by atoms with Crippen molar-refractivity contribution in [3.05, 3.63) is 0 Å². The maximum Gasteiger partial charge on any atom is 0.324 e. The van der Waals surface area contributed by atoms with Crippen LogP contribution in [0.1, 0.15) is 26.2 Å². The first kappa shape index (κ1) is 10.9. The zero-order chi connectivity index (χ0) is 10.9. The van der Waals surface area contributed by atoms with Crippen LogP contribution in [-0.4, -0.2) is 47.8 Å². The monoisotopic (exact) mass is 213 g/mol. The van der Waals surface area contributed by atoms with E-state index in [0.29, 0.717) is 19.1 Å². The molecule has 2 atom stereocenters. The Morgan fingerprint density at radius 3 is 2.60 bits per heavy atom. The van der Waals surface area contributed by atoms with Crippen LogP contribution < -0.4 is 0 Å². The summed E-state index contributed by atoms with van der Waals surface area (Å²) >= 11 is 0. The highest BCUT2D eigenvalue weighted by molar-refractivity contribution is 5.79. The molecule has 1 aliphatic carbocycles. The van der Waals surface area contributed by atoms with Crippen molar-refractivity contribution in [2.45, 2.75) is 31.7 Å². The minimum Gasteiger partial charge on any atom is -0.480 e. The van der Waals surface area contributed by atoms with Gasteiger partial charge in [0.15, 0.2) is 0 Å². The highest BCUT2D eigenvalue weighted by atomic mass is 16.5. The molecule has 1 N–H and O–H groups in total. The molecule has 2 aliphatic rings. The quantitative estimate of drug-likeness (QED) is 0.742. The predicted octanol–water partition coefficient (Wildman–Crippen LogP) is 0.962. The van der Waals surface area contributed by atoms with Gasteiger partial charge in [0, 0.05) is 13.1 Å². The van der Waals surface area contributed by atoms with E-state index < -0.39 is 11.5 Å². The van der Waals surface area contributed by atoms with Crippen LogP contribution in [0.5, 0.6) is 0 Å². The molecule has 86 valence electrons. The number of morpholine rings is 1. The highest BCUT2D eigenvalue weighted by Crippen LogP contribution is 2.39. The van der Waals surface area contributed by atoms with E-state index in [1.54, 1.807) is 0 Å². The Morgan fingerprint density at radius 2 is 2.13 bits per heavy atom. The molecule has 1 heterocycles. The number of aliphatic carboxylic acids is 1. The van der Waals surface area contributed by atoms with E-state index in [2.05, 4.69) is 11.8 Å². The van der Waals surface area contributed by atoms with E-state index in [1.807, 2.05) is 0 Å². The van der Waals surface area contributed by atoms with Gasteiger partial charge in [-0.3, -0.25) is 9.69 Å². The van der Waals surface area contributed by atoms with Crippen LogP contribution >= 0.6 is 0 Å². The van der Waals surface area contributed by atoms with Crippen LogP contribution in [0.2, 0.25) is 0 Å². The summed E-state index contributed by atoms with van der Waals surface area (Å²) in [5, 5.41) is 9.45. The topological polar surface area (TPSA) is 49.8 Å². The molecule has 2 fully saturated rings.